The Kier molecular flexibility index (Phi) is 3.08. The van der Waals surface area contributed by atoms with Crippen LogP contribution in [0.25, 0.3) is 0 Å². The fourth-order valence-corrected chi connectivity index (χ4v) is 1.06. The van der Waals surface area contributed by atoms with E-state index in [2.05, 4.69) is 4.74 Å². The zero-order valence-electron chi connectivity index (χ0n) is 8.06. The van der Waals surface area contributed by atoms with Gasteiger partial charge in [-0.25, -0.2) is 0 Å². The smallest absolute Gasteiger partial charge is 0.515 e. The molecule has 0 spiro atoms. The monoisotopic (exact) mass is 203 g/mol. The number of ether oxygens (including phenoxy) is 1. The molecule has 0 aliphatic rings. The van der Waals surface area contributed by atoms with Crippen LogP contribution in [0.4, 0.5) is 12.9 Å². The van der Waals surface area contributed by atoms with Crippen LogP contribution in [0.5, 0.6) is 5.75 Å². The Morgan fingerprint density at radius 3 is 2.43 bits per heavy atom. The molecule has 0 unspecified atom stereocenters. The van der Waals surface area contributed by atoms with Gasteiger partial charge in [0, 0.05) is 0 Å². The van der Waals surface area contributed by atoms with Crippen molar-refractivity contribution in [3.63, 3.8) is 0 Å². The van der Waals surface area contributed by atoms with Crippen molar-refractivity contribution in [2.45, 2.75) is 13.8 Å². The van der Waals surface area contributed by atoms with Gasteiger partial charge in [-0.2, -0.15) is 0 Å². The highest BCUT2D eigenvalue weighted by Gasteiger charge is 2.24. The van der Waals surface area contributed by atoms with Crippen LogP contribution in [0.15, 0.2) is 18.2 Å². The Hall–Kier alpha value is -1.13. The summed E-state index contributed by atoms with van der Waals surface area (Å²) in [7, 11) is 0. The van der Waals surface area contributed by atoms with Crippen LogP contribution < -0.4 is 4.74 Å². The molecule has 1 nitrogen and oxygen atoms in total. The third-order valence-corrected chi connectivity index (χ3v) is 1.98. The SMILES string of the molecule is Cc1cccc(OC[B-](F)(F)F)c1C. The molecule has 1 aromatic rings. The number of halogens is 3. The summed E-state index contributed by atoms with van der Waals surface area (Å²) in [6, 6.07) is 5.06. The molecule has 0 aromatic heterocycles. The first-order valence-corrected chi connectivity index (χ1v) is 4.30. The second kappa shape index (κ2) is 3.94. The standard InChI is InChI=1S/C9H11BF3O/c1-7-4-3-5-9(8(7)2)14-6-10(11,12)13/h3-5H,6H2,1-2H3/q-1. The molecule has 0 saturated heterocycles. The average Bonchev–Trinajstić information content (AvgIpc) is 2.06. The third kappa shape index (κ3) is 2.98. The molecule has 0 amide bonds. The molecule has 5 heteroatoms. The molecule has 0 bridgehead atoms. The maximum Gasteiger partial charge on any atom is 0.515 e. The van der Waals surface area contributed by atoms with E-state index in [1.54, 1.807) is 19.1 Å². The Balaban J connectivity index is 2.73. The van der Waals surface area contributed by atoms with Crippen molar-refractivity contribution in [2.24, 2.45) is 0 Å². The van der Waals surface area contributed by atoms with Gasteiger partial charge in [-0.3, -0.25) is 0 Å². The lowest BCUT2D eigenvalue weighted by molar-refractivity contribution is 0.311. The van der Waals surface area contributed by atoms with Crippen molar-refractivity contribution in [1.82, 2.24) is 0 Å². The van der Waals surface area contributed by atoms with Gasteiger partial charge in [0.25, 0.3) is 0 Å². The van der Waals surface area contributed by atoms with E-state index in [0.717, 1.165) is 11.1 Å². The maximum atomic E-state index is 11.9. The summed E-state index contributed by atoms with van der Waals surface area (Å²) in [4.78, 5) is 0. The van der Waals surface area contributed by atoms with Crippen LogP contribution in [-0.4, -0.2) is 13.5 Å². The van der Waals surface area contributed by atoms with Crippen LogP contribution in [0, 0.1) is 13.8 Å². The third-order valence-electron chi connectivity index (χ3n) is 1.98. The van der Waals surface area contributed by atoms with E-state index in [-0.39, 0.29) is 0 Å². The van der Waals surface area contributed by atoms with Crippen molar-refractivity contribution in [1.29, 1.82) is 0 Å². The van der Waals surface area contributed by atoms with Crippen molar-refractivity contribution in [2.75, 3.05) is 6.51 Å². The topological polar surface area (TPSA) is 9.23 Å². The van der Waals surface area contributed by atoms with Crippen molar-refractivity contribution >= 4 is 6.98 Å². The largest absolute Gasteiger partial charge is 0.521 e. The number of rotatable bonds is 3. The lowest BCUT2D eigenvalue weighted by Gasteiger charge is -2.17. The molecular weight excluding hydrogens is 192 g/mol. The molecule has 14 heavy (non-hydrogen) atoms. The van der Waals surface area contributed by atoms with Crippen LogP contribution in [-0.2, 0) is 0 Å². The lowest BCUT2D eigenvalue weighted by Crippen LogP contribution is -2.26. The van der Waals surface area contributed by atoms with E-state index in [9.17, 15) is 12.9 Å². The summed E-state index contributed by atoms with van der Waals surface area (Å²) in [5.41, 5.74) is 1.68. The van der Waals surface area contributed by atoms with Gasteiger partial charge in [0.05, 0.1) is 6.51 Å². The van der Waals surface area contributed by atoms with Crippen molar-refractivity contribution in [3.05, 3.63) is 29.3 Å². The van der Waals surface area contributed by atoms with E-state index in [1.807, 2.05) is 13.0 Å². The van der Waals surface area contributed by atoms with E-state index in [0.29, 0.717) is 5.75 Å². The van der Waals surface area contributed by atoms with Gasteiger partial charge in [-0.05, 0) is 31.0 Å². The Bertz CT molecular complexity index is 322. The maximum absolute atomic E-state index is 11.9. The number of aryl methyl sites for hydroxylation is 1. The first-order chi connectivity index (χ1) is 6.40. The first-order valence-electron chi connectivity index (χ1n) is 4.30. The minimum Gasteiger partial charge on any atom is -0.521 e. The summed E-state index contributed by atoms with van der Waals surface area (Å²) in [5.74, 6) is 0.309. The fourth-order valence-electron chi connectivity index (χ4n) is 1.06. The molecule has 0 aliphatic heterocycles. The summed E-state index contributed by atoms with van der Waals surface area (Å²) in [5, 5.41) is 0. The predicted octanol–water partition coefficient (Wildman–Crippen LogP) is 3.07. The summed E-state index contributed by atoms with van der Waals surface area (Å²) in [6.45, 7) is -2.47. The second-order valence-electron chi connectivity index (χ2n) is 3.22. The van der Waals surface area contributed by atoms with Gasteiger partial charge in [0.1, 0.15) is 5.75 Å². The molecule has 0 fully saturated rings. The summed E-state index contributed by atoms with van der Waals surface area (Å²) >= 11 is 0. The zero-order valence-corrected chi connectivity index (χ0v) is 8.06. The number of hydrogen-bond acceptors (Lipinski definition) is 1. The van der Waals surface area contributed by atoms with Gasteiger partial charge in [0.2, 0.25) is 0 Å². The predicted molar refractivity (Wildman–Crippen MR) is 50.5 cm³/mol. The first kappa shape index (κ1) is 11.0. The minimum absolute atomic E-state index is 0.309. The van der Waals surface area contributed by atoms with Crippen LogP contribution >= 0.6 is 0 Å². The molecule has 0 atom stereocenters. The average molecular weight is 203 g/mol. The Morgan fingerprint density at radius 1 is 1.21 bits per heavy atom. The lowest BCUT2D eigenvalue weighted by atomic mass is 9.95. The highest BCUT2D eigenvalue weighted by Crippen LogP contribution is 2.22. The van der Waals surface area contributed by atoms with Crippen LogP contribution in [0.1, 0.15) is 11.1 Å². The normalized spacial score (nSPS) is 11.5. The number of benzene rings is 1. The van der Waals surface area contributed by atoms with E-state index in [4.69, 9.17) is 0 Å². The Morgan fingerprint density at radius 2 is 1.86 bits per heavy atom. The molecule has 1 aromatic carbocycles. The van der Waals surface area contributed by atoms with E-state index < -0.39 is 13.5 Å². The van der Waals surface area contributed by atoms with Gasteiger partial charge >= 0.3 is 6.98 Å². The Labute approximate surface area is 80.9 Å². The van der Waals surface area contributed by atoms with E-state index >= 15 is 0 Å². The quantitative estimate of drug-likeness (QED) is 0.685. The van der Waals surface area contributed by atoms with Gasteiger partial charge in [0.15, 0.2) is 0 Å². The minimum atomic E-state index is -4.88. The van der Waals surface area contributed by atoms with Crippen molar-refractivity contribution in [3.8, 4) is 5.75 Å². The molecular formula is C9H11BF3O-. The molecule has 0 aliphatic carbocycles. The molecule has 78 valence electrons. The van der Waals surface area contributed by atoms with Crippen molar-refractivity contribution < 1.29 is 17.7 Å². The van der Waals surface area contributed by atoms with Gasteiger partial charge < -0.3 is 17.7 Å². The van der Waals surface area contributed by atoms with Gasteiger partial charge in [-0.1, -0.05) is 12.1 Å². The van der Waals surface area contributed by atoms with Crippen LogP contribution in [0.3, 0.4) is 0 Å². The molecule has 0 heterocycles. The molecule has 0 radical (unpaired) electrons. The number of hydrogen-bond donors (Lipinski definition) is 0. The molecule has 0 saturated carbocycles. The highest BCUT2D eigenvalue weighted by atomic mass is 19.4. The van der Waals surface area contributed by atoms with Crippen LogP contribution in [0.2, 0.25) is 0 Å². The summed E-state index contributed by atoms with van der Waals surface area (Å²) < 4.78 is 40.4. The molecule has 0 N–H and O–H groups in total. The van der Waals surface area contributed by atoms with E-state index in [1.165, 1.54) is 0 Å². The highest BCUT2D eigenvalue weighted by molar-refractivity contribution is 6.58. The molecule has 1 rings (SSSR count). The van der Waals surface area contributed by atoms with Gasteiger partial charge in [-0.15, -0.1) is 0 Å². The zero-order chi connectivity index (χ0) is 10.8. The second-order valence-corrected chi connectivity index (χ2v) is 3.22. The summed E-state index contributed by atoms with van der Waals surface area (Å²) in [6.07, 6.45) is 0. The fraction of sp³-hybridized carbons (Fsp3) is 0.333.